The quantitative estimate of drug-likeness (QED) is 0.842. The van der Waals surface area contributed by atoms with Crippen molar-refractivity contribution in [1.82, 2.24) is 9.97 Å². The Morgan fingerprint density at radius 2 is 1.89 bits per heavy atom. The third-order valence-electron chi connectivity index (χ3n) is 2.22. The smallest absolute Gasteiger partial charge is 0.382 e. The van der Waals surface area contributed by atoms with Gasteiger partial charge in [-0.1, -0.05) is 32.4 Å². The van der Waals surface area contributed by atoms with Crippen LogP contribution < -0.4 is 5.32 Å². The van der Waals surface area contributed by atoms with Crippen molar-refractivity contribution in [2.45, 2.75) is 38.5 Å². The van der Waals surface area contributed by atoms with Crippen LogP contribution in [0.2, 0.25) is 5.15 Å². The number of aliphatic hydroxyl groups is 1. The largest absolute Gasteiger partial charge is 0.416 e. The second-order valence-corrected chi connectivity index (χ2v) is 5.48. The van der Waals surface area contributed by atoms with Crippen LogP contribution in [0.3, 0.4) is 0 Å². The van der Waals surface area contributed by atoms with Crippen molar-refractivity contribution in [3.63, 3.8) is 0 Å². The van der Waals surface area contributed by atoms with Crippen LogP contribution in [0.4, 0.5) is 19.0 Å². The second-order valence-electron chi connectivity index (χ2n) is 5.09. The van der Waals surface area contributed by atoms with Crippen molar-refractivity contribution >= 4 is 17.4 Å². The van der Waals surface area contributed by atoms with E-state index in [0.717, 1.165) is 0 Å². The highest BCUT2D eigenvalue weighted by atomic mass is 35.5. The topological polar surface area (TPSA) is 58.0 Å². The molecule has 0 fully saturated rings. The van der Waals surface area contributed by atoms with Gasteiger partial charge in [-0.15, -0.1) is 0 Å². The lowest BCUT2D eigenvalue weighted by molar-refractivity contribution is -0.198. The van der Waals surface area contributed by atoms with Gasteiger partial charge < -0.3 is 10.4 Å². The monoisotopic (exact) mass is 297 g/mol. The fourth-order valence-corrected chi connectivity index (χ4v) is 1.34. The van der Waals surface area contributed by atoms with E-state index in [1.165, 1.54) is 6.07 Å². The summed E-state index contributed by atoms with van der Waals surface area (Å²) in [5.41, 5.74) is -0.385. The van der Waals surface area contributed by atoms with E-state index in [1.54, 1.807) is 0 Å². The lowest BCUT2D eigenvalue weighted by Gasteiger charge is -2.19. The fraction of sp³-hybridized carbons (Fsp3) is 0.636. The molecule has 0 saturated carbocycles. The number of nitrogens with one attached hydrogen (secondary N) is 1. The maximum absolute atomic E-state index is 12.2. The molecule has 2 N–H and O–H groups in total. The van der Waals surface area contributed by atoms with Gasteiger partial charge in [0.2, 0.25) is 0 Å². The fourth-order valence-electron chi connectivity index (χ4n) is 1.16. The van der Waals surface area contributed by atoms with Crippen LogP contribution in [0.1, 0.15) is 26.6 Å². The molecule has 0 amide bonds. The standard InChI is InChI=1S/C11H15ClF3N3O/c1-10(2,3)9-17-7(12)4-8(18-9)16-5-6(19)11(13,14)15/h4,6,19H,5H2,1-3H3,(H,16,17,18). The van der Waals surface area contributed by atoms with Gasteiger partial charge in [-0.05, 0) is 0 Å². The first-order chi connectivity index (χ1) is 8.50. The highest BCUT2D eigenvalue weighted by Gasteiger charge is 2.37. The van der Waals surface area contributed by atoms with E-state index in [2.05, 4.69) is 15.3 Å². The zero-order chi connectivity index (χ0) is 14.8. The second kappa shape index (κ2) is 5.50. The van der Waals surface area contributed by atoms with Crippen LogP contribution in [0.5, 0.6) is 0 Å². The van der Waals surface area contributed by atoms with Crippen LogP contribution in [-0.4, -0.2) is 33.9 Å². The Labute approximate surface area is 114 Å². The van der Waals surface area contributed by atoms with Gasteiger partial charge in [-0.2, -0.15) is 13.2 Å². The first-order valence-electron chi connectivity index (χ1n) is 5.54. The lowest BCUT2D eigenvalue weighted by atomic mass is 9.96. The molecule has 1 atom stereocenters. The van der Waals surface area contributed by atoms with Crippen molar-refractivity contribution in [3.8, 4) is 0 Å². The number of aromatic nitrogens is 2. The zero-order valence-electron chi connectivity index (χ0n) is 10.7. The van der Waals surface area contributed by atoms with Gasteiger partial charge in [0.05, 0.1) is 6.54 Å². The molecule has 0 aliphatic heterocycles. The number of alkyl halides is 3. The average molecular weight is 298 g/mol. The summed E-state index contributed by atoms with van der Waals surface area (Å²) in [7, 11) is 0. The number of nitrogens with zero attached hydrogens (tertiary/aromatic N) is 2. The SMILES string of the molecule is CC(C)(C)c1nc(Cl)cc(NCC(O)C(F)(F)F)n1. The molecule has 1 rings (SSSR count). The van der Waals surface area contributed by atoms with Crippen LogP contribution in [0, 0.1) is 0 Å². The summed E-state index contributed by atoms with van der Waals surface area (Å²) in [6.07, 6.45) is -7.13. The molecule has 0 aliphatic rings. The van der Waals surface area contributed by atoms with Crippen LogP contribution in [0.15, 0.2) is 6.07 Å². The van der Waals surface area contributed by atoms with Crippen molar-refractivity contribution < 1.29 is 18.3 Å². The van der Waals surface area contributed by atoms with Gasteiger partial charge in [0.15, 0.2) is 6.10 Å². The number of hydrogen-bond acceptors (Lipinski definition) is 4. The van der Waals surface area contributed by atoms with Crippen LogP contribution in [-0.2, 0) is 5.41 Å². The first kappa shape index (κ1) is 16.0. The van der Waals surface area contributed by atoms with E-state index in [9.17, 15) is 13.2 Å². The predicted octanol–water partition coefficient (Wildman–Crippen LogP) is 2.76. The minimum absolute atomic E-state index is 0.129. The molecule has 19 heavy (non-hydrogen) atoms. The molecule has 108 valence electrons. The van der Waals surface area contributed by atoms with Gasteiger partial charge >= 0.3 is 6.18 Å². The summed E-state index contributed by atoms with van der Waals surface area (Å²) in [5, 5.41) is 11.4. The van der Waals surface area contributed by atoms with E-state index in [-0.39, 0.29) is 16.4 Å². The van der Waals surface area contributed by atoms with E-state index < -0.39 is 18.8 Å². The van der Waals surface area contributed by atoms with Crippen LogP contribution >= 0.6 is 11.6 Å². The summed E-state index contributed by atoms with van der Waals surface area (Å²) >= 11 is 5.79. The van der Waals surface area contributed by atoms with Crippen molar-refractivity contribution in [2.75, 3.05) is 11.9 Å². The molecule has 1 aromatic heterocycles. The summed E-state index contributed by atoms with van der Waals surface area (Å²) in [5.74, 6) is 0.553. The van der Waals surface area contributed by atoms with Crippen molar-refractivity contribution in [2.24, 2.45) is 0 Å². The lowest BCUT2D eigenvalue weighted by Crippen LogP contribution is -2.35. The minimum Gasteiger partial charge on any atom is -0.382 e. The third-order valence-corrected chi connectivity index (χ3v) is 2.41. The highest BCUT2D eigenvalue weighted by Crippen LogP contribution is 2.23. The van der Waals surface area contributed by atoms with Gasteiger partial charge in [-0.25, -0.2) is 9.97 Å². The molecule has 1 aromatic rings. The normalized spacial score (nSPS) is 14.3. The average Bonchev–Trinajstić information content (AvgIpc) is 2.22. The zero-order valence-corrected chi connectivity index (χ0v) is 11.5. The number of aliphatic hydroxyl groups excluding tert-OH is 1. The van der Waals surface area contributed by atoms with E-state index in [4.69, 9.17) is 16.7 Å². The molecule has 0 bridgehead atoms. The molecular formula is C11H15ClF3N3O. The molecule has 1 heterocycles. The molecule has 8 heteroatoms. The molecule has 0 saturated heterocycles. The Morgan fingerprint density at radius 3 is 2.37 bits per heavy atom. The molecular weight excluding hydrogens is 283 g/mol. The van der Waals surface area contributed by atoms with Gasteiger partial charge in [0.1, 0.15) is 16.8 Å². The molecule has 1 unspecified atom stereocenters. The first-order valence-corrected chi connectivity index (χ1v) is 5.91. The molecule has 0 aromatic carbocycles. The Morgan fingerprint density at radius 1 is 1.32 bits per heavy atom. The van der Waals surface area contributed by atoms with E-state index >= 15 is 0 Å². The predicted molar refractivity (Wildman–Crippen MR) is 66.3 cm³/mol. The van der Waals surface area contributed by atoms with Crippen molar-refractivity contribution in [3.05, 3.63) is 17.0 Å². The number of hydrogen-bond donors (Lipinski definition) is 2. The number of rotatable bonds is 3. The molecule has 4 nitrogen and oxygen atoms in total. The minimum atomic E-state index is -4.67. The Bertz CT molecular complexity index is 446. The Kier molecular flexibility index (Phi) is 4.63. The molecule has 0 spiro atoms. The summed E-state index contributed by atoms with van der Waals surface area (Å²) in [4.78, 5) is 8.08. The van der Waals surface area contributed by atoms with Crippen LogP contribution in [0.25, 0.3) is 0 Å². The van der Waals surface area contributed by atoms with E-state index in [0.29, 0.717) is 5.82 Å². The van der Waals surface area contributed by atoms with Gasteiger partial charge in [-0.3, -0.25) is 0 Å². The summed E-state index contributed by atoms with van der Waals surface area (Å²) < 4.78 is 36.5. The Hall–Kier alpha value is -1.08. The summed E-state index contributed by atoms with van der Waals surface area (Å²) in [6, 6.07) is 1.31. The van der Waals surface area contributed by atoms with E-state index in [1.807, 2.05) is 20.8 Å². The van der Waals surface area contributed by atoms with Crippen molar-refractivity contribution in [1.29, 1.82) is 0 Å². The maximum atomic E-state index is 12.2. The van der Waals surface area contributed by atoms with Gasteiger partial charge in [0, 0.05) is 11.5 Å². The van der Waals surface area contributed by atoms with Gasteiger partial charge in [0.25, 0.3) is 0 Å². The Balaban J connectivity index is 2.83. The number of halogens is 4. The maximum Gasteiger partial charge on any atom is 0.416 e. The summed E-state index contributed by atoms with van der Waals surface area (Å²) in [6.45, 7) is 4.87. The highest BCUT2D eigenvalue weighted by molar-refractivity contribution is 6.29. The molecule has 0 radical (unpaired) electrons. The number of anilines is 1. The molecule has 0 aliphatic carbocycles. The third kappa shape index (κ3) is 4.83.